The Labute approximate surface area is 137 Å². The van der Waals surface area contributed by atoms with Gasteiger partial charge in [0.15, 0.2) is 0 Å². The minimum atomic E-state index is -0.0510. The van der Waals surface area contributed by atoms with Gasteiger partial charge in [0.25, 0.3) is 0 Å². The van der Waals surface area contributed by atoms with Gasteiger partial charge in [-0.05, 0) is 51.6 Å². The van der Waals surface area contributed by atoms with Crippen molar-refractivity contribution in [3.05, 3.63) is 0 Å². The maximum Gasteiger partial charge on any atom is 0.229 e. The normalized spacial score (nSPS) is 27.6. The molecule has 0 unspecified atom stereocenters. The lowest BCUT2D eigenvalue weighted by Crippen LogP contribution is -2.43. The van der Waals surface area contributed by atoms with Crippen molar-refractivity contribution in [2.45, 2.75) is 38.5 Å². The number of amides is 2. The number of carbonyl (C=O) groups excluding carboxylic acids is 2. The van der Waals surface area contributed by atoms with Crippen LogP contribution >= 0.6 is 0 Å². The van der Waals surface area contributed by atoms with E-state index in [-0.39, 0.29) is 16.7 Å². The average molecular weight is 323 g/mol. The van der Waals surface area contributed by atoms with Crippen LogP contribution in [0.5, 0.6) is 0 Å². The van der Waals surface area contributed by atoms with Gasteiger partial charge in [-0.1, -0.05) is 0 Å². The summed E-state index contributed by atoms with van der Waals surface area (Å²) < 4.78 is 0. The third-order valence-electron chi connectivity index (χ3n) is 6.06. The van der Waals surface area contributed by atoms with Crippen molar-refractivity contribution in [2.75, 3.05) is 39.5 Å². The van der Waals surface area contributed by atoms with Gasteiger partial charge in [-0.3, -0.25) is 9.59 Å². The summed E-state index contributed by atoms with van der Waals surface area (Å²) in [5.74, 6) is 0.589. The lowest BCUT2D eigenvalue weighted by Gasteiger charge is -2.31. The van der Waals surface area contributed by atoms with Crippen molar-refractivity contribution in [3.8, 4) is 0 Å². The number of likely N-dealkylation sites (tertiary alicyclic amines) is 2. The first-order chi connectivity index (χ1) is 11.1. The molecule has 0 atom stereocenters. The molecule has 0 bridgehead atoms. The van der Waals surface area contributed by atoms with Gasteiger partial charge in [0.1, 0.15) is 0 Å². The fourth-order valence-corrected chi connectivity index (χ4v) is 4.12. The summed E-state index contributed by atoms with van der Waals surface area (Å²) in [6.07, 6.45) is 6.23. The molecule has 1 saturated carbocycles. The molecule has 4 rings (SSSR count). The molecule has 23 heavy (non-hydrogen) atoms. The standard InChI is InChI=1S/C9H17N3O.C7H12N2O/c10-7-12-6-3-9(8(12)13)1-4-11-5-2-9;8-5-9-4-3-7(1-2-7)6(9)10/h11H,1-7,10H2;1-5,8H2. The monoisotopic (exact) mass is 323 g/mol. The van der Waals surface area contributed by atoms with E-state index in [1.165, 1.54) is 0 Å². The quantitative estimate of drug-likeness (QED) is 0.631. The molecule has 4 fully saturated rings. The number of nitrogens with one attached hydrogen (secondary N) is 1. The van der Waals surface area contributed by atoms with Gasteiger partial charge >= 0.3 is 0 Å². The molecule has 3 saturated heterocycles. The molecule has 0 aromatic rings. The van der Waals surface area contributed by atoms with E-state index in [2.05, 4.69) is 5.32 Å². The van der Waals surface area contributed by atoms with Crippen LogP contribution < -0.4 is 16.8 Å². The fourth-order valence-electron chi connectivity index (χ4n) is 4.12. The molecule has 5 N–H and O–H groups in total. The zero-order valence-electron chi connectivity index (χ0n) is 13.9. The molecule has 1 aliphatic carbocycles. The highest BCUT2D eigenvalue weighted by molar-refractivity contribution is 5.87. The molecule has 0 aromatic carbocycles. The second kappa shape index (κ2) is 6.37. The Hall–Kier alpha value is -1.18. The van der Waals surface area contributed by atoms with E-state index in [0.29, 0.717) is 19.2 Å². The van der Waals surface area contributed by atoms with Crippen LogP contribution in [-0.4, -0.2) is 61.1 Å². The van der Waals surface area contributed by atoms with E-state index < -0.39 is 0 Å². The van der Waals surface area contributed by atoms with Crippen molar-refractivity contribution in [1.82, 2.24) is 15.1 Å². The molecule has 130 valence electrons. The van der Waals surface area contributed by atoms with Crippen LogP contribution in [0.1, 0.15) is 38.5 Å². The van der Waals surface area contributed by atoms with Crippen LogP contribution in [0, 0.1) is 10.8 Å². The van der Waals surface area contributed by atoms with Crippen molar-refractivity contribution in [3.63, 3.8) is 0 Å². The molecule has 3 aliphatic heterocycles. The first-order valence-corrected chi connectivity index (χ1v) is 8.77. The summed E-state index contributed by atoms with van der Waals surface area (Å²) in [5, 5.41) is 3.29. The molecular formula is C16H29N5O2. The largest absolute Gasteiger partial charge is 0.330 e. The molecule has 0 radical (unpaired) electrons. The van der Waals surface area contributed by atoms with E-state index in [9.17, 15) is 9.59 Å². The van der Waals surface area contributed by atoms with Crippen LogP contribution in [0.3, 0.4) is 0 Å². The zero-order chi connectivity index (χ0) is 16.5. The Kier molecular flexibility index (Phi) is 4.62. The second-order valence-corrected chi connectivity index (χ2v) is 7.31. The fraction of sp³-hybridized carbons (Fsp3) is 0.875. The number of carbonyl (C=O) groups is 2. The Morgan fingerprint density at radius 1 is 0.783 bits per heavy atom. The van der Waals surface area contributed by atoms with Gasteiger partial charge in [-0.15, -0.1) is 0 Å². The van der Waals surface area contributed by atoms with Crippen LogP contribution in [0.2, 0.25) is 0 Å². The topological polar surface area (TPSA) is 105 Å². The molecular weight excluding hydrogens is 294 g/mol. The van der Waals surface area contributed by atoms with Crippen molar-refractivity contribution in [2.24, 2.45) is 22.3 Å². The lowest BCUT2D eigenvalue weighted by molar-refractivity contribution is -0.137. The third-order valence-corrected chi connectivity index (χ3v) is 6.06. The van der Waals surface area contributed by atoms with Crippen molar-refractivity contribution < 1.29 is 9.59 Å². The predicted octanol–water partition coefficient (Wildman–Crippen LogP) is -0.580. The maximum atomic E-state index is 11.9. The summed E-state index contributed by atoms with van der Waals surface area (Å²) in [6, 6.07) is 0. The summed E-state index contributed by atoms with van der Waals surface area (Å²) in [5.41, 5.74) is 10.9. The Morgan fingerprint density at radius 3 is 1.57 bits per heavy atom. The van der Waals surface area contributed by atoms with Crippen molar-refractivity contribution >= 4 is 11.8 Å². The first-order valence-electron chi connectivity index (χ1n) is 8.77. The van der Waals surface area contributed by atoms with Gasteiger partial charge in [-0.2, -0.15) is 0 Å². The number of hydrogen-bond donors (Lipinski definition) is 3. The average Bonchev–Trinajstić information content (AvgIpc) is 3.23. The summed E-state index contributed by atoms with van der Waals surface area (Å²) >= 11 is 0. The number of nitrogens with zero attached hydrogens (tertiary/aromatic N) is 2. The molecule has 3 heterocycles. The third kappa shape index (κ3) is 2.97. The minimum Gasteiger partial charge on any atom is -0.330 e. The number of hydrogen-bond acceptors (Lipinski definition) is 5. The minimum absolute atomic E-state index is 0.0510. The van der Waals surface area contributed by atoms with Gasteiger partial charge in [0, 0.05) is 13.1 Å². The van der Waals surface area contributed by atoms with Crippen LogP contribution in [0.25, 0.3) is 0 Å². The van der Waals surface area contributed by atoms with E-state index in [1.807, 2.05) is 0 Å². The van der Waals surface area contributed by atoms with Crippen molar-refractivity contribution in [1.29, 1.82) is 0 Å². The molecule has 0 aromatic heterocycles. The SMILES string of the molecule is NCN1CCC2(CC2)C1=O.NCN1CCC2(CCNCC2)C1=O. The Balaban J connectivity index is 0.000000140. The lowest BCUT2D eigenvalue weighted by atomic mass is 9.78. The first kappa shape index (κ1) is 16.7. The molecule has 4 aliphatic rings. The second-order valence-electron chi connectivity index (χ2n) is 7.31. The van der Waals surface area contributed by atoms with E-state index in [0.717, 1.165) is 64.7 Å². The predicted molar refractivity (Wildman–Crippen MR) is 87.0 cm³/mol. The number of piperidine rings is 1. The number of rotatable bonds is 2. The van der Waals surface area contributed by atoms with Crippen LogP contribution in [0.15, 0.2) is 0 Å². The molecule has 2 spiro atoms. The van der Waals surface area contributed by atoms with E-state index >= 15 is 0 Å². The van der Waals surface area contributed by atoms with Gasteiger partial charge < -0.3 is 26.6 Å². The highest BCUT2D eigenvalue weighted by Gasteiger charge is 2.55. The van der Waals surface area contributed by atoms with Crippen LogP contribution in [-0.2, 0) is 9.59 Å². The smallest absolute Gasteiger partial charge is 0.229 e. The van der Waals surface area contributed by atoms with Gasteiger partial charge in [-0.25, -0.2) is 0 Å². The van der Waals surface area contributed by atoms with Gasteiger partial charge in [0.05, 0.1) is 24.2 Å². The Morgan fingerprint density at radius 2 is 1.22 bits per heavy atom. The van der Waals surface area contributed by atoms with Crippen LogP contribution in [0.4, 0.5) is 0 Å². The summed E-state index contributed by atoms with van der Waals surface area (Å²) in [4.78, 5) is 26.8. The highest BCUT2D eigenvalue weighted by Crippen LogP contribution is 2.53. The Bertz CT molecular complexity index is 471. The molecule has 7 nitrogen and oxygen atoms in total. The number of nitrogens with two attached hydrogens (primary N) is 2. The highest BCUT2D eigenvalue weighted by atomic mass is 16.2. The van der Waals surface area contributed by atoms with Gasteiger partial charge in [0.2, 0.25) is 11.8 Å². The summed E-state index contributed by atoms with van der Waals surface area (Å²) in [6.45, 7) is 4.48. The molecule has 2 amide bonds. The molecule has 7 heteroatoms. The maximum absolute atomic E-state index is 11.9. The van der Waals surface area contributed by atoms with E-state index in [1.54, 1.807) is 9.80 Å². The van der Waals surface area contributed by atoms with E-state index in [4.69, 9.17) is 11.5 Å². The summed E-state index contributed by atoms with van der Waals surface area (Å²) in [7, 11) is 0. The zero-order valence-corrected chi connectivity index (χ0v) is 13.9.